The summed E-state index contributed by atoms with van der Waals surface area (Å²) in [5, 5.41) is 9.81. The quantitative estimate of drug-likeness (QED) is 0.880. The van der Waals surface area contributed by atoms with Gasteiger partial charge in [-0.2, -0.15) is 0 Å². The number of anilines is 1. The van der Waals surface area contributed by atoms with Gasteiger partial charge in [0.25, 0.3) is 5.91 Å². The fraction of sp³-hybridized carbons (Fsp3) is 0.100. The highest BCUT2D eigenvalue weighted by Gasteiger charge is 2.14. The Morgan fingerprint density at radius 1 is 1.25 bits per heavy atom. The molecule has 0 aliphatic carbocycles. The Bertz CT molecular complexity index is 727. The Morgan fingerprint density at radius 3 is 2.40 bits per heavy atom. The summed E-state index contributed by atoms with van der Waals surface area (Å²) in [7, 11) is -2.17. The van der Waals surface area contributed by atoms with Gasteiger partial charge >= 0.3 is 0 Å². The Kier molecular flexibility index (Phi) is 4.33. The standard InChI is InChI=1S/C10H9ClN4O3S2/c1-12-20(17,18)7-4-2-6(3-5-7)13-8(16)9-14-15-10(11)19-9/h2-5,12H,1H3,(H,13,16). The number of aromatic nitrogens is 2. The first-order chi connectivity index (χ1) is 9.42. The fourth-order valence-electron chi connectivity index (χ4n) is 1.32. The van der Waals surface area contributed by atoms with E-state index in [1.165, 1.54) is 31.3 Å². The number of hydrogen-bond donors (Lipinski definition) is 2. The number of amides is 1. The van der Waals surface area contributed by atoms with Crippen molar-refractivity contribution in [2.75, 3.05) is 12.4 Å². The van der Waals surface area contributed by atoms with E-state index in [4.69, 9.17) is 11.6 Å². The SMILES string of the molecule is CNS(=O)(=O)c1ccc(NC(=O)c2nnc(Cl)s2)cc1. The molecule has 0 aliphatic rings. The second-order valence-electron chi connectivity index (χ2n) is 3.55. The fourth-order valence-corrected chi connectivity index (χ4v) is 2.77. The molecule has 0 saturated carbocycles. The molecule has 0 fully saturated rings. The van der Waals surface area contributed by atoms with Crippen LogP contribution in [0.1, 0.15) is 9.80 Å². The summed E-state index contributed by atoms with van der Waals surface area (Å²) in [4.78, 5) is 11.9. The molecule has 1 aromatic heterocycles. The minimum atomic E-state index is -3.49. The van der Waals surface area contributed by atoms with E-state index in [0.717, 1.165) is 11.3 Å². The average molecular weight is 333 g/mol. The zero-order valence-electron chi connectivity index (χ0n) is 10.1. The van der Waals surface area contributed by atoms with Crippen LogP contribution in [0.3, 0.4) is 0 Å². The Hall–Kier alpha value is -1.55. The third-order valence-corrected chi connectivity index (χ3v) is 4.73. The van der Waals surface area contributed by atoms with Crippen LogP contribution in [-0.2, 0) is 10.0 Å². The predicted octanol–water partition coefficient (Wildman–Crippen LogP) is 1.35. The summed E-state index contributed by atoms with van der Waals surface area (Å²) in [6, 6.07) is 5.72. The van der Waals surface area contributed by atoms with Crippen molar-refractivity contribution in [2.45, 2.75) is 4.90 Å². The molecule has 7 nitrogen and oxygen atoms in total. The number of benzene rings is 1. The van der Waals surface area contributed by atoms with Crippen molar-refractivity contribution in [1.29, 1.82) is 0 Å². The molecule has 106 valence electrons. The van der Waals surface area contributed by atoms with Gasteiger partial charge in [0.05, 0.1) is 4.90 Å². The second kappa shape index (κ2) is 5.83. The van der Waals surface area contributed by atoms with Gasteiger partial charge < -0.3 is 5.32 Å². The van der Waals surface area contributed by atoms with E-state index in [0.29, 0.717) is 5.69 Å². The highest BCUT2D eigenvalue weighted by molar-refractivity contribution is 7.89. The summed E-state index contributed by atoms with van der Waals surface area (Å²) in [6.45, 7) is 0. The first-order valence-corrected chi connectivity index (χ1v) is 7.94. The van der Waals surface area contributed by atoms with E-state index in [1.807, 2.05) is 0 Å². The zero-order valence-corrected chi connectivity index (χ0v) is 12.5. The summed E-state index contributed by atoms with van der Waals surface area (Å²) in [5.41, 5.74) is 0.441. The first kappa shape index (κ1) is 14.9. The van der Waals surface area contributed by atoms with Crippen LogP contribution in [0.25, 0.3) is 0 Å². The van der Waals surface area contributed by atoms with Crippen molar-refractivity contribution in [3.05, 3.63) is 33.7 Å². The summed E-state index contributed by atoms with van der Waals surface area (Å²) >= 11 is 6.54. The molecule has 0 radical (unpaired) electrons. The van der Waals surface area contributed by atoms with E-state index in [-0.39, 0.29) is 14.4 Å². The number of carbonyl (C=O) groups is 1. The molecule has 1 heterocycles. The number of sulfonamides is 1. The summed E-state index contributed by atoms with van der Waals surface area (Å²) < 4.78 is 25.4. The molecule has 0 aliphatic heterocycles. The monoisotopic (exact) mass is 332 g/mol. The second-order valence-corrected chi connectivity index (χ2v) is 6.99. The molecular formula is C10H9ClN4O3S2. The smallest absolute Gasteiger partial charge is 0.286 e. The van der Waals surface area contributed by atoms with Crippen LogP contribution in [0.15, 0.2) is 29.2 Å². The van der Waals surface area contributed by atoms with Crippen LogP contribution >= 0.6 is 22.9 Å². The van der Waals surface area contributed by atoms with E-state index < -0.39 is 15.9 Å². The number of nitrogens with one attached hydrogen (secondary N) is 2. The molecule has 20 heavy (non-hydrogen) atoms. The van der Waals surface area contributed by atoms with Crippen molar-refractivity contribution in [2.24, 2.45) is 0 Å². The largest absolute Gasteiger partial charge is 0.320 e. The number of carbonyl (C=O) groups excluding carboxylic acids is 1. The van der Waals surface area contributed by atoms with Gasteiger partial charge in [-0.25, -0.2) is 13.1 Å². The average Bonchev–Trinajstić information content (AvgIpc) is 2.86. The van der Waals surface area contributed by atoms with Gasteiger partial charge in [0.15, 0.2) is 0 Å². The maximum absolute atomic E-state index is 11.8. The van der Waals surface area contributed by atoms with Crippen LogP contribution in [0.5, 0.6) is 0 Å². The van der Waals surface area contributed by atoms with Gasteiger partial charge in [0, 0.05) is 5.69 Å². The van der Waals surface area contributed by atoms with Crippen molar-refractivity contribution in [1.82, 2.24) is 14.9 Å². The van der Waals surface area contributed by atoms with Gasteiger partial charge in [-0.15, -0.1) is 10.2 Å². The van der Waals surface area contributed by atoms with E-state index in [9.17, 15) is 13.2 Å². The maximum Gasteiger partial charge on any atom is 0.286 e. The summed E-state index contributed by atoms with van der Waals surface area (Å²) in [5.74, 6) is -0.460. The van der Waals surface area contributed by atoms with Crippen LogP contribution in [-0.4, -0.2) is 31.6 Å². The lowest BCUT2D eigenvalue weighted by atomic mass is 10.3. The molecule has 0 atom stereocenters. The van der Waals surface area contributed by atoms with Gasteiger partial charge in [-0.05, 0) is 42.9 Å². The van der Waals surface area contributed by atoms with Gasteiger partial charge in [0.1, 0.15) is 0 Å². The predicted molar refractivity (Wildman–Crippen MR) is 75.6 cm³/mol. The maximum atomic E-state index is 11.8. The van der Waals surface area contributed by atoms with Gasteiger partial charge in [-0.3, -0.25) is 4.79 Å². The Morgan fingerprint density at radius 2 is 1.90 bits per heavy atom. The minimum Gasteiger partial charge on any atom is -0.320 e. The third kappa shape index (κ3) is 3.31. The number of halogens is 1. The van der Waals surface area contributed by atoms with Crippen LogP contribution < -0.4 is 10.0 Å². The Labute approximate surface area is 124 Å². The van der Waals surface area contributed by atoms with Crippen molar-refractivity contribution in [3.63, 3.8) is 0 Å². The molecule has 10 heteroatoms. The summed E-state index contributed by atoms with van der Waals surface area (Å²) in [6.07, 6.45) is 0. The Balaban J connectivity index is 2.14. The van der Waals surface area contributed by atoms with E-state index >= 15 is 0 Å². The lowest BCUT2D eigenvalue weighted by Crippen LogP contribution is -2.18. The van der Waals surface area contributed by atoms with Crippen molar-refractivity contribution in [3.8, 4) is 0 Å². The van der Waals surface area contributed by atoms with Crippen LogP contribution in [0, 0.1) is 0 Å². The molecule has 0 saturated heterocycles. The molecule has 2 rings (SSSR count). The van der Waals surface area contributed by atoms with E-state index in [2.05, 4.69) is 20.2 Å². The lowest BCUT2D eigenvalue weighted by Gasteiger charge is -2.05. The minimum absolute atomic E-state index is 0.108. The van der Waals surface area contributed by atoms with Gasteiger partial charge in [0.2, 0.25) is 19.5 Å². The number of nitrogens with zero attached hydrogens (tertiary/aromatic N) is 2. The first-order valence-electron chi connectivity index (χ1n) is 5.26. The number of hydrogen-bond acceptors (Lipinski definition) is 6. The molecule has 0 unspecified atom stereocenters. The van der Waals surface area contributed by atoms with Crippen LogP contribution in [0.2, 0.25) is 4.47 Å². The highest BCUT2D eigenvalue weighted by Crippen LogP contribution is 2.18. The molecule has 1 amide bonds. The van der Waals surface area contributed by atoms with E-state index in [1.54, 1.807) is 0 Å². The molecule has 2 aromatic rings. The third-order valence-electron chi connectivity index (χ3n) is 2.29. The zero-order chi connectivity index (χ0) is 14.8. The molecule has 0 bridgehead atoms. The van der Waals surface area contributed by atoms with Crippen LogP contribution in [0.4, 0.5) is 5.69 Å². The molecule has 1 aromatic carbocycles. The van der Waals surface area contributed by atoms with Crippen molar-refractivity contribution < 1.29 is 13.2 Å². The molecule has 0 spiro atoms. The molecule has 2 N–H and O–H groups in total. The normalized spacial score (nSPS) is 11.3. The van der Waals surface area contributed by atoms with Gasteiger partial charge in [-0.1, -0.05) is 11.3 Å². The topological polar surface area (TPSA) is 101 Å². The highest BCUT2D eigenvalue weighted by atomic mass is 35.5. The molecular weight excluding hydrogens is 324 g/mol. The lowest BCUT2D eigenvalue weighted by molar-refractivity contribution is 0.102. The number of rotatable bonds is 4. The van der Waals surface area contributed by atoms with Crippen molar-refractivity contribution >= 4 is 44.6 Å².